The van der Waals surface area contributed by atoms with E-state index in [1.165, 1.54) is 6.20 Å². The van der Waals surface area contributed by atoms with Crippen molar-refractivity contribution in [2.75, 3.05) is 52.5 Å². The first-order valence-corrected chi connectivity index (χ1v) is 9.06. The molecule has 1 saturated heterocycles. The third-order valence-electron chi connectivity index (χ3n) is 4.34. The first-order valence-electron chi connectivity index (χ1n) is 9.06. The molecule has 3 rings (SSSR count). The van der Waals surface area contributed by atoms with Gasteiger partial charge in [-0.2, -0.15) is 5.26 Å². The summed E-state index contributed by atoms with van der Waals surface area (Å²) in [5, 5.41) is 15.0. The quantitative estimate of drug-likeness (QED) is 0.524. The van der Waals surface area contributed by atoms with Crippen molar-refractivity contribution in [1.29, 1.82) is 5.26 Å². The molecule has 0 radical (unpaired) electrons. The van der Waals surface area contributed by atoms with Gasteiger partial charge < -0.3 is 24.8 Å². The molecule has 0 bridgehead atoms. The molecule has 2 aliphatic heterocycles. The predicted molar refractivity (Wildman–Crippen MR) is 98.3 cm³/mol. The number of nitrogens with one attached hydrogen (secondary N) is 2. The fourth-order valence-electron chi connectivity index (χ4n) is 2.85. The lowest BCUT2D eigenvalue weighted by molar-refractivity contribution is -0.117. The molecule has 1 fully saturated rings. The summed E-state index contributed by atoms with van der Waals surface area (Å²) >= 11 is 0. The highest BCUT2D eigenvalue weighted by Crippen LogP contribution is 2.30. The summed E-state index contributed by atoms with van der Waals surface area (Å²) in [6.07, 6.45) is 1.23. The fourth-order valence-corrected chi connectivity index (χ4v) is 2.85. The molecule has 1 aromatic carbocycles. The van der Waals surface area contributed by atoms with Crippen LogP contribution in [0.2, 0.25) is 0 Å². The Bertz CT molecular complexity index is 710. The number of morpholine rings is 1. The number of amides is 1. The number of nitriles is 1. The molecule has 1 aromatic rings. The third-order valence-corrected chi connectivity index (χ3v) is 4.34. The van der Waals surface area contributed by atoms with Crippen LogP contribution in [-0.4, -0.2) is 69.5 Å². The average Bonchev–Trinajstić information content (AvgIpc) is 2.72. The molecular formula is C19H24N4O4. The summed E-state index contributed by atoms with van der Waals surface area (Å²) in [6.45, 7) is 5.25. The van der Waals surface area contributed by atoms with Gasteiger partial charge in [0.1, 0.15) is 24.4 Å². The minimum absolute atomic E-state index is 0.0362. The molecule has 0 spiro atoms. The summed E-state index contributed by atoms with van der Waals surface area (Å²) in [5.41, 5.74) is 0.0362. The number of ether oxygens (including phenoxy) is 3. The Morgan fingerprint density at radius 2 is 2.07 bits per heavy atom. The van der Waals surface area contributed by atoms with E-state index in [0.717, 1.165) is 38.6 Å². The fraction of sp³-hybridized carbons (Fsp3) is 0.474. The van der Waals surface area contributed by atoms with E-state index in [1.807, 2.05) is 30.3 Å². The molecule has 2 heterocycles. The third kappa shape index (κ3) is 5.61. The lowest BCUT2D eigenvalue weighted by Gasteiger charge is -2.26. The van der Waals surface area contributed by atoms with Gasteiger partial charge >= 0.3 is 0 Å². The van der Waals surface area contributed by atoms with E-state index >= 15 is 0 Å². The van der Waals surface area contributed by atoms with E-state index in [2.05, 4.69) is 15.5 Å². The van der Waals surface area contributed by atoms with Crippen LogP contribution < -0.4 is 20.1 Å². The van der Waals surface area contributed by atoms with Gasteiger partial charge in [-0.25, -0.2) is 0 Å². The average molecular weight is 372 g/mol. The molecule has 2 aliphatic rings. The first kappa shape index (κ1) is 19.0. The molecule has 0 aliphatic carbocycles. The largest absolute Gasteiger partial charge is 0.486 e. The number of hydrogen-bond donors (Lipinski definition) is 2. The summed E-state index contributed by atoms with van der Waals surface area (Å²) < 4.78 is 16.7. The summed E-state index contributed by atoms with van der Waals surface area (Å²) in [5.74, 6) is 1.03. The number of rotatable bonds is 7. The second kappa shape index (κ2) is 9.80. The van der Waals surface area contributed by atoms with Crippen molar-refractivity contribution in [3.05, 3.63) is 36.0 Å². The van der Waals surface area contributed by atoms with Crippen LogP contribution in [-0.2, 0) is 9.53 Å². The van der Waals surface area contributed by atoms with E-state index in [1.54, 1.807) is 0 Å². The Labute approximate surface area is 158 Å². The molecule has 1 amide bonds. The molecular weight excluding hydrogens is 348 g/mol. The highest BCUT2D eigenvalue weighted by molar-refractivity contribution is 5.97. The molecule has 27 heavy (non-hydrogen) atoms. The normalized spacial score (nSPS) is 19.8. The number of para-hydroxylation sites is 2. The molecule has 8 heteroatoms. The van der Waals surface area contributed by atoms with Crippen LogP contribution in [0.3, 0.4) is 0 Å². The first-order chi connectivity index (χ1) is 13.3. The lowest BCUT2D eigenvalue weighted by Crippen LogP contribution is -2.41. The minimum Gasteiger partial charge on any atom is -0.486 e. The topological polar surface area (TPSA) is 95.8 Å². The smallest absolute Gasteiger partial charge is 0.263 e. The van der Waals surface area contributed by atoms with E-state index in [4.69, 9.17) is 14.2 Å². The predicted octanol–water partition coefficient (Wildman–Crippen LogP) is 0.272. The maximum atomic E-state index is 12.1. The van der Waals surface area contributed by atoms with Gasteiger partial charge in [0.15, 0.2) is 11.5 Å². The van der Waals surface area contributed by atoms with Crippen LogP contribution in [0.15, 0.2) is 36.0 Å². The van der Waals surface area contributed by atoms with Gasteiger partial charge in [-0.05, 0) is 12.1 Å². The Morgan fingerprint density at radius 1 is 1.30 bits per heavy atom. The van der Waals surface area contributed by atoms with Crippen molar-refractivity contribution in [3.63, 3.8) is 0 Å². The van der Waals surface area contributed by atoms with Crippen LogP contribution in [0, 0.1) is 11.3 Å². The van der Waals surface area contributed by atoms with Gasteiger partial charge in [0.05, 0.1) is 19.8 Å². The number of benzene rings is 1. The Balaban J connectivity index is 1.40. The zero-order valence-corrected chi connectivity index (χ0v) is 15.1. The van der Waals surface area contributed by atoms with E-state index in [0.29, 0.717) is 25.4 Å². The monoisotopic (exact) mass is 372 g/mol. The van der Waals surface area contributed by atoms with E-state index in [9.17, 15) is 10.1 Å². The molecule has 0 saturated carbocycles. The lowest BCUT2D eigenvalue weighted by atomic mass is 10.2. The molecule has 0 aromatic heterocycles. The Morgan fingerprint density at radius 3 is 2.85 bits per heavy atom. The molecule has 1 unspecified atom stereocenters. The minimum atomic E-state index is -0.385. The van der Waals surface area contributed by atoms with E-state index in [-0.39, 0.29) is 17.6 Å². The Hall–Kier alpha value is -2.76. The van der Waals surface area contributed by atoms with Crippen molar-refractivity contribution in [3.8, 4) is 17.6 Å². The summed E-state index contributed by atoms with van der Waals surface area (Å²) in [7, 11) is 0. The highest BCUT2D eigenvalue weighted by atomic mass is 16.6. The van der Waals surface area contributed by atoms with Gasteiger partial charge in [0, 0.05) is 32.4 Å². The molecule has 8 nitrogen and oxygen atoms in total. The number of fused-ring (bicyclic) bond motifs is 1. The van der Waals surface area contributed by atoms with Gasteiger partial charge in [-0.3, -0.25) is 9.69 Å². The van der Waals surface area contributed by atoms with Gasteiger partial charge in [-0.1, -0.05) is 12.1 Å². The number of hydrogen-bond acceptors (Lipinski definition) is 7. The summed E-state index contributed by atoms with van der Waals surface area (Å²) in [4.78, 5) is 14.3. The van der Waals surface area contributed by atoms with Crippen LogP contribution >= 0.6 is 0 Å². The van der Waals surface area contributed by atoms with Crippen molar-refractivity contribution < 1.29 is 19.0 Å². The molecule has 144 valence electrons. The Kier molecular flexibility index (Phi) is 6.90. The standard InChI is InChI=1S/C19H24N4O4/c20-11-15(19(24)22-5-6-23-7-9-25-10-8-23)12-21-13-16-14-26-17-3-1-2-4-18(17)27-16/h1-4,12,16,21H,5-10,13-14H2,(H,22,24)/b15-12-. The zero-order chi connectivity index (χ0) is 18.9. The number of carbonyl (C=O) groups is 1. The van der Waals surface area contributed by atoms with Crippen molar-refractivity contribution >= 4 is 5.91 Å². The molecule has 2 N–H and O–H groups in total. The second-order valence-corrected chi connectivity index (χ2v) is 6.29. The van der Waals surface area contributed by atoms with Crippen LogP contribution in [0.5, 0.6) is 11.5 Å². The van der Waals surface area contributed by atoms with Gasteiger partial charge in [0.2, 0.25) is 0 Å². The van der Waals surface area contributed by atoms with Crippen LogP contribution in [0.1, 0.15) is 0 Å². The van der Waals surface area contributed by atoms with Crippen molar-refractivity contribution in [2.24, 2.45) is 0 Å². The van der Waals surface area contributed by atoms with Gasteiger partial charge in [0.25, 0.3) is 5.91 Å². The maximum Gasteiger partial charge on any atom is 0.263 e. The zero-order valence-electron chi connectivity index (χ0n) is 15.1. The molecule has 1 atom stereocenters. The van der Waals surface area contributed by atoms with Crippen LogP contribution in [0.4, 0.5) is 0 Å². The van der Waals surface area contributed by atoms with Crippen molar-refractivity contribution in [2.45, 2.75) is 6.10 Å². The summed E-state index contributed by atoms with van der Waals surface area (Å²) in [6, 6.07) is 9.40. The highest BCUT2D eigenvalue weighted by Gasteiger charge is 2.20. The van der Waals surface area contributed by atoms with Crippen LogP contribution in [0.25, 0.3) is 0 Å². The number of nitrogens with zero attached hydrogens (tertiary/aromatic N) is 2. The maximum absolute atomic E-state index is 12.1. The second-order valence-electron chi connectivity index (χ2n) is 6.29. The van der Waals surface area contributed by atoms with E-state index < -0.39 is 0 Å². The number of carbonyl (C=O) groups excluding carboxylic acids is 1. The van der Waals surface area contributed by atoms with Gasteiger partial charge in [-0.15, -0.1) is 0 Å². The SMILES string of the molecule is N#C/C(=C/NCC1COc2ccccc2O1)C(=O)NCCN1CCOCC1. The van der Waals surface area contributed by atoms with Crippen molar-refractivity contribution in [1.82, 2.24) is 15.5 Å².